The Balaban J connectivity index is 2.03. The van der Waals surface area contributed by atoms with E-state index in [0.29, 0.717) is 6.42 Å². The molecule has 1 saturated carbocycles. The molecule has 92 valence electrons. The Morgan fingerprint density at radius 1 is 1.35 bits per heavy atom. The Morgan fingerprint density at radius 2 is 2.12 bits per heavy atom. The average Bonchev–Trinajstić information content (AvgIpc) is 2.69. The van der Waals surface area contributed by atoms with Crippen LogP contribution in [0.2, 0.25) is 0 Å². The lowest BCUT2D eigenvalue weighted by molar-refractivity contribution is -0.122. The molecule has 2 N–H and O–H groups in total. The van der Waals surface area contributed by atoms with E-state index in [1.54, 1.807) is 0 Å². The highest BCUT2D eigenvalue weighted by Gasteiger charge is 2.27. The van der Waals surface area contributed by atoms with E-state index in [4.69, 9.17) is 5.73 Å². The summed E-state index contributed by atoms with van der Waals surface area (Å²) in [6.07, 6.45) is 2.34. The first kappa shape index (κ1) is 12.2. The lowest BCUT2D eigenvalue weighted by Crippen LogP contribution is -2.19. The van der Waals surface area contributed by atoms with Crippen molar-refractivity contribution in [1.82, 2.24) is 0 Å². The molecule has 2 unspecified atom stereocenters. The summed E-state index contributed by atoms with van der Waals surface area (Å²) in [7, 11) is 0. The highest BCUT2D eigenvalue weighted by Crippen LogP contribution is 2.26. The minimum Gasteiger partial charge on any atom is -0.328 e. The lowest BCUT2D eigenvalue weighted by atomic mass is 9.96. The van der Waals surface area contributed by atoms with Crippen LogP contribution < -0.4 is 5.73 Å². The van der Waals surface area contributed by atoms with E-state index in [9.17, 15) is 13.6 Å². The smallest absolute Gasteiger partial charge is 0.140 e. The molecule has 4 heteroatoms. The molecule has 1 fully saturated rings. The van der Waals surface area contributed by atoms with Crippen LogP contribution in [0.15, 0.2) is 18.2 Å². The second-order valence-electron chi connectivity index (χ2n) is 4.65. The van der Waals surface area contributed by atoms with Crippen molar-refractivity contribution in [2.75, 3.05) is 0 Å². The summed E-state index contributed by atoms with van der Waals surface area (Å²) in [4.78, 5) is 11.9. The molecule has 0 amide bonds. The first-order chi connectivity index (χ1) is 8.06. The van der Waals surface area contributed by atoms with Gasteiger partial charge in [-0.1, -0.05) is 6.07 Å². The van der Waals surface area contributed by atoms with E-state index in [1.807, 2.05) is 0 Å². The number of hydrogen-bond acceptors (Lipinski definition) is 2. The van der Waals surface area contributed by atoms with Crippen molar-refractivity contribution < 1.29 is 13.6 Å². The van der Waals surface area contributed by atoms with Gasteiger partial charge in [-0.15, -0.1) is 0 Å². The number of ketones is 1. The fraction of sp³-hybridized carbons (Fsp3) is 0.462. The van der Waals surface area contributed by atoms with Crippen molar-refractivity contribution >= 4 is 5.78 Å². The number of carbonyl (C=O) groups is 1. The highest BCUT2D eigenvalue weighted by molar-refractivity contribution is 5.83. The van der Waals surface area contributed by atoms with Gasteiger partial charge in [0.25, 0.3) is 0 Å². The van der Waals surface area contributed by atoms with Crippen LogP contribution in [0.5, 0.6) is 0 Å². The van der Waals surface area contributed by atoms with Crippen LogP contribution in [0.3, 0.4) is 0 Å². The molecule has 0 saturated heterocycles. The Kier molecular flexibility index (Phi) is 3.52. The summed E-state index contributed by atoms with van der Waals surface area (Å²) < 4.78 is 26.1. The summed E-state index contributed by atoms with van der Waals surface area (Å²) in [5.74, 6) is -1.33. The molecule has 0 radical (unpaired) electrons. The van der Waals surface area contributed by atoms with Gasteiger partial charge in [0.1, 0.15) is 17.4 Å². The lowest BCUT2D eigenvalue weighted by Gasteiger charge is -2.09. The van der Waals surface area contributed by atoms with Gasteiger partial charge < -0.3 is 5.73 Å². The topological polar surface area (TPSA) is 43.1 Å². The molecule has 1 aromatic rings. The Labute approximate surface area is 98.8 Å². The van der Waals surface area contributed by atoms with Crippen LogP contribution in [0.1, 0.15) is 24.8 Å². The molecule has 0 aromatic heterocycles. The normalized spacial score (nSPS) is 23.9. The quantitative estimate of drug-likeness (QED) is 0.878. The second kappa shape index (κ2) is 4.92. The zero-order valence-electron chi connectivity index (χ0n) is 9.46. The van der Waals surface area contributed by atoms with Crippen molar-refractivity contribution in [3.63, 3.8) is 0 Å². The van der Waals surface area contributed by atoms with Gasteiger partial charge in [0.05, 0.1) is 0 Å². The first-order valence-corrected chi connectivity index (χ1v) is 5.78. The maximum absolute atomic E-state index is 13.4. The van der Waals surface area contributed by atoms with E-state index in [1.165, 1.54) is 12.1 Å². The number of nitrogens with two attached hydrogens (primary N) is 1. The standard InChI is InChI=1S/C13H15F2NO/c14-10-3-1-8(12(15)7-10)6-13(17)9-2-4-11(16)5-9/h1,3,7,9,11H,2,4-6,16H2. The number of halogens is 2. The molecular formula is C13H15F2NO. The summed E-state index contributed by atoms with van der Waals surface area (Å²) in [6.45, 7) is 0. The monoisotopic (exact) mass is 239 g/mol. The predicted molar refractivity (Wildman–Crippen MR) is 60.4 cm³/mol. The molecule has 0 heterocycles. The molecule has 1 aliphatic carbocycles. The van der Waals surface area contributed by atoms with E-state index >= 15 is 0 Å². The average molecular weight is 239 g/mol. The maximum atomic E-state index is 13.4. The number of hydrogen-bond donors (Lipinski definition) is 1. The fourth-order valence-corrected chi connectivity index (χ4v) is 2.31. The molecule has 0 bridgehead atoms. The van der Waals surface area contributed by atoms with Crippen molar-refractivity contribution in [3.8, 4) is 0 Å². The van der Waals surface area contributed by atoms with Crippen molar-refractivity contribution in [2.24, 2.45) is 11.7 Å². The van der Waals surface area contributed by atoms with Crippen molar-refractivity contribution in [3.05, 3.63) is 35.4 Å². The van der Waals surface area contributed by atoms with E-state index in [0.717, 1.165) is 18.9 Å². The molecule has 17 heavy (non-hydrogen) atoms. The van der Waals surface area contributed by atoms with Crippen LogP contribution in [-0.4, -0.2) is 11.8 Å². The molecule has 2 nitrogen and oxygen atoms in total. The van der Waals surface area contributed by atoms with Gasteiger partial charge in [0.2, 0.25) is 0 Å². The third kappa shape index (κ3) is 2.88. The van der Waals surface area contributed by atoms with Crippen LogP contribution >= 0.6 is 0 Å². The second-order valence-corrected chi connectivity index (χ2v) is 4.65. The Hall–Kier alpha value is -1.29. The number of Topliss-reactive ketones (excluding diaryl/α,β-unsaturated/α-hetero) is 1. The number of benzene rings is 1. The van der Waals surface area contributed by atoms with Crippen LogP contribution in [0.25, 0.3) is 0 Å². The molecular weight excluding hydrogens is 224 g/mol. The fourth-order valence-electron chi connectivity index (χ4n) is 2.31. The van der Waals surface area contributed by atoms with Crippen LogP contribution in [0, 0.1) is 17.6 Å². The molecule has 2 atom stereocenters. The molecule has 1 aliphatic rings. The maximum Gasteiger partial charge on any atom is 0.140 e. The van der Waals surface area contributed by atoms with E-state index in [2.05, 4.69) is 0 Å². The first-order valence-electron chi connectivity index (χ1n) is 5.78. The largest absolute Gasteiger partial charge is 0.328 e. The van der Waals surface area contributed by atoms with Crippen LogP contribution in [-0.2, 0) is 11.2 Å². The third-order valence-electron chi connectivity index (χ3n) is 3.31. The number of rotatable bonds is 3. The zero-order chi connectivity index (χ0) is 12.4. The van der Waals surface area contributed by atoms with E-state index in [-0.39, 0.29) is 29.7 Å². The van der Waals surface area contributed by atoms with Crippen molar-refractivity contribution in [1.29, 1.82) is 0 Å². The van der Waals surface area contributed by atoms with Gasteiger partial charge in [-0.05, 0) is 30.9 Å². The molecule has 2 rings (SSSR count). The van der Waals surface area contributed by atoms with E-state index < -0.39 is 11.6 Å². The predicted octanol–water partition coefficient (Wildman–Crippen LogP) is 2.20. The molecule has 0 spiro atoms. The summed E-state index contributed by atoms with van der Waals surface area (Å²) in [5, 5.41) is 0. The summed E-state index contributed by atoms with van der Waals surface area (Å²) in [5.41, 5.74) is 5.99. The number of carbonyl (C=O) groups excluding carboxylic acids is 1. The van der Waals surface area contributed by atoms with Gasteiger partial charge in [-0.2, -0.15) is 0 Å². The summed E-state index contributed by atoms with van der Waals surface area (Å²) >= 11 is 0. The molecule has 1 aromatic carbocycles. The minimum absolute atomic E-state index is 0.00320. The molecule has 0 aliphatic heterocycles. The van der Waals surface area contributed by atoms with Gasteiger partial charge >= 0.3 is 0 Å². The van der Waals surface area contributed by atoms with Gasteiger partial charge in [-0.3, -0.25) is 4.79 Å². The van der Waals surface area contributed by atoms with Crippen LogP contribution in [0.4, 0.5) is 8.78 Å². The Morgan fingerprint density at radius 3 is 2.71 bits per heavy atom. The highest BCUT2D eigenvalue weighted by atomic mass is 19.1. The van der Waals surface area contributed by atoms with Crippen molar-refractivity contribution in [2.45, 2.75) is 31.7 Å². The van der Waals surface area contributed by atoms with Gasteiger partial charge in [0, 0.05) is 24.4 Å². The minimum atomic E-state index is -0.652. The van der Waals surface area contributed by atoms with Gasteiger partial charge in [-0.25, -0.2) is 8.78 Å². The Bertz CT molecular complexity index is 433. The summed E-state index contributed by atoms with van der Waals surface area (Å²) in [6, 6.07) is 3.40. The zero-order valence-corrected chi connectivity index (χ0v) is 9.46. The third-order valence-corrected chi connectivity index (χ3v) is 3.31. The SMILES string of the molecule is NC1CCC(C(=O)Cc2ccc(F)cc2F)C1. The van der Waals surface area contributed by atoms with Gasteiger partial charge in [0.15, 0.2) is 0 Å².